The molecule has 1 unspecified atom stereocenters. The third-order valence-electron chi connectivity index (χ3n) is 5.29. The van der Waals surface area contributed by atoms with E-state index >= 15 is 0 Å². The molecule has 0 saturated carbocycles. The van der Waals surface area contributed by atoms with E-state index in [0.29, 0.717) is 26.2 Å². The second-order valence-corrected chi connectivity index (χ2v) is 8.43. The summed E-state index contributed by atoms with van der Waals surface area (Å²) in [4.78, 5) is 38.9. The number of methoxy groups -OCH3 is 1. The van der Waals surface area contributed by atoms with Crippen LogP contribution in [0.15, 0.2) is 48.7 Å². The Morgan fingerprint density at radius 1 is 1.16 bits per heavy atom. The van der Waals surface area contributed by atoms with Gasteiger partial charge in [0.2, 0.25) is 11.8 Å². The van der Waals surface area contributed by atoms with Gasteiger partial charge in [0.1, 0.15) is 22.1 Å². The molecular weight excluding hydrogens is 426 g/mol. The molecule has 3 heterocycles. The molecule has 8 nitrogen and oxygen atoms in total. The lowest BCUT2D eigenvalue weighted by Crippen LogP contribution is -2.54. The smallest absolute Gasteiger partial charge is 0.244 e. The van der Waals surface area contributed by atoms with Crippen molar-refractivity contribution in [3.8, 4) is 5.75 Å². The minimum Gasteiger partial charge on any atom is -0.497 e. The number of benzene rings is 1. The zero-order valence-corrected chi connectivity index (χ0v) is 18.8. The van der Waals surface area contributed by atoms with Crippen molar-refractivity contribution in [2.75, 3.05) is 38.2 Å². The molecule has 2 aromatic heterocycles. The fraction of sp³-hybridized carbons (Fsp3) is 0.304. The SMILES string of the molecule is COc1ccc(/C=C/C(=O)NC(C)C(=O)N2CCN(c3nc4cccnc4s3)CC2)cc1. The molecule has 0 radical (unpaired) electrons. The van der Waals surface area contributed by atoms with Crippen LogP contribution in [0.1, 0.15) is 12.5 Å². The van der Waals surface area contributed by atoms with Crippen molar-refractivity contribution < 1.29 is 14.3 Å². The third kappa shape index (κ3) is 5.05. The molecule has 1 aromatic carbocycles. The first-order valence-corrected chi connectivity index (χ1v) is 11.2. The normalized spacial score (nSPS) is 15.2. The van der Waals surface area contributed by atoms with Gasteiger partial charge in [-0.05, 0) is 42.8 Å². The molecule has 9 heteroatoms. The summed E-state index contributed by atoms with van der Waals surface area (Å²) in [5.41, 5.74) is 1.77. The minimum atomic E-state index is -0.596. The van der Waals surface area contributed by atoms with Gasteiger partial charge >= 0.3 is 0 Å². The van der Waals surface area contributed by atoms with Crippen LogP contribution in [0.25, 0.3) is 16.4 Å². The van der Waals surface area contributed by atoms with E-state index in [2.05, 4.69) is 20.2 Å². The Morgan fingerprint density at radius 2 is 1.91 bits per heavy atom. The van der Waals surface area contributed by atoms with Crippen LogP contribution in [-0.2, 0) is 9.59 Å². The Morgan fingerprint density at radius 3 is 2.59 bits per heavy atom. The molecular formula is C23H25N5O3S. The summed E-state index contributed by atoms with van der Waals surface area (Å²) in [6.45, 7) is 4.29. The number of aromatic nitrogens is 2. The van der Waals surface area contributed by atoms with Gasteiger partial charge in [-0.3, -0.25) is 9.59 Å². The molecule has 1 N–H and O–H groups in total. The number of carbonyl (C=O) groups excluding carboxylic acids is 2. The Balaban J connectivity index is 1.27. The number of nitrogens with zero attached hydrogens (tertiary/aromatic N) is 4. The van der Waals surface area contributed by atoms with Crippen LogP contribution in [0.3, 0.4) is 0 Å². The average Bonchev–Trinajstić information content (AvgIpc) is 3.27. The summed E-state index contributed by atoms with van der Waals surface area (Å²) in [5.74, 6) is 0.370. The average molecular weight is 452 g/mol. The molecule has 1 aliphatic heterocycles. The van der Waals surface area contributed by atoms with Gasteiger partial charge in [0, 0.05) is 38.5 Å². The first-order valence-electron chi connectivity index (χ1n) is 10.4. The molecule has 1 aliphatic rings. The van der Waals surface area contributed by atoms with Crippen LogP contribution >= 0.6 is 11.3 Å². The topological polar surface area (TPSA) is 87.7 Å². The van der Waals surface area contributed by atoms with E-state index in [1.54, 1.807) is 42.5 Å². The number of amides is 2. The van der Waals surface area contributed by atoms with E-state index < -0.39 is 6.04 Å². The van der Waals surface area contributed by atoms with E-state index in [1.807, 2.05) is 36.4 Å². The largest absolute Gasteiger partial charge is 0.497 e. The molecule has 1 atom stereocenters. The number of piperazine rings is 1. The van der Waals surface area contributed by atoms with Crippen LogP contribution in [0.5, 0.6) is 5.75 Å². The van der Waals surface area contributed by atoms with Crippen molar-refractivity contribution in [3.63, 3.8) is 0 Å². The Bertz CT molecular complexity index is 1090. The number of hydrogen-bond acceptors (Lipinski definition) is 7. The zero-order chi connectivity index (χ0) is 22.5. The predicted molar refractivity (Wildman–Crippen MR) is 126 cm³/mol. The summed E-state index contributed by atoms with van der Waals surface area (Å²) >= 11 is 1.56. The number of carbonyl (C=O) groups is 2. The third-order valence-corrected chi connectivity index (χ3v) is 6.33. The van der Waals surface area contributed by atoms with Crippen molar-refractivity contribution in [1.82, 2.24) is 20.2 Å². The zero-order valence-electron chi connectivity index (χ0n) is 18.0. The molecule has 2 amide bonds. The first kappa shape index (κ1) is 21.8. The fourth-order valence-corrected chi connectivity index (χ4v) is 4.46. The van der Waals surface area contributed by atoms with E-state index in [4.69, 9.17) is 4.74 Å². The van der Waals surface area contributed by atoms with Crippen LogP contribution in [0.4, 0.5) is 5.13 Å². The highest BCUT2D eigenvalue weighted by atomic mass is 32.1. The van der Waals surface area contributed by atoms with Gasteiger partial charge in [-0.2, -0.15) is 0 Å². The highest BCUT2D eigenvalue weighted by molar-refractivity contribution is 7.21. The molecule has 32 heavy (non-hydrogen) atoms. The number of fused-ring (bicyclic) bond motifs is 1. The van der Waals surface area contributed by atoms with Crippen LogP contribution in [0.2, 0.25) is 0 Å². The van der Waals surface area contributed by atoms with E-state index in [0.717, 1.165) is 26.8 Å². The maximum absolute atomic E-state index is 12.8. The fourth-order valence-electron chi connectivity index (χ4n) is 3.50. The summed E-state index contributed by atoms with van der Waals surface area (Å²) < 4.78 is 5.12. The summed E-state index contributed by atoms with van der Waals surface area (Å²) in [6, 6.07) is 10.6. The number of hydrogen-bond donors (Lipinski definition) is 1. The molecule has 0 spiro atoms. The summed E-state index contributed by atoms with van der Waals surface area (Å²) in [7, 11) is 1.61. The Hall–Kier alpha value is -3.46. The molecule has 0 bridgehead atoms. The molecule has 1 saturated heterocycles. The van der Waals surface area contributed by atoms with E-state index in [-0.39, 0.29) is 11.8 Å². The van der Waals surface area contributed by atoms with Crippen molar-refractivity contribution in [2.45, 2.75) is 13.0 Å². The molecule has 1 fully saturated rings. The summed E-state index contributed by atoms with van der Waals surface area (Å²) in [6.07, 6.45) is 4.91. The number of pyridine rings is 1. The number of nitrogens with one attached hydrogen (secondary N) is 1. The van der Waals surface area contributed by atoms with E-state index in [1.165, 1.54) is 6.08 Å². The highest BCUT2D eigenvalue weighted by Gasteiger charge is 2.26. The lowest BCUT2D eigenvalue weighted by atomic mass is 10.2. The van der Waals surface area contributed by atoms with Gasteiger partial charge in [0.05, 0.1) is 7.11 Å². The second-order valence-electron chi connectivity index (χ2n) is 7.47. The van der Waals surface area contributed by atoms with Crippen LogP contribution in [0, 0.1) is 0 Å². The molecule has 0 aliphatic carbocycles. The quantitative estimate of drug-likeness (QED) is 0.580. The van der Waals surface area contributed by atoms with Crippen molar-refractivity contribution in [3.05, 3.63) is 54.2 Å². The maximum atomic E-state index is 12.8. The lowest BCUT2D eigenvalue weighted by Gasteiger charge is -2.35. The maximum Gasteiger partial charge on any atom is 0.244 e. The highest BCUT2D eigenvalue weighted by Crippen LogP contribution is 2.27. The van der Waals surface area contributed by atoms with Crippen LogP contribution < -0.4 is 15.0 Å². The van der Waals surface area contributed by atoms with Gasteiger partial charge < -0.3 is 19.9 Å². The number of anilines is 1. The Kier molecular flexibility index (Phi) is 6.65. The second kappa shape index (κ2) is 9.78. The van der Waals surface area contributed by atoms with E-state index in [9.17, 15) is 9.59 Å². The van der Waals surface area contributed by atoms with Crippen molar-refractivity contribution >= 4 is 44.7 Å². The van der Waals surface area contributed by atoms with Crippen LogP contribution in [-0.4, -0.2) is 66.0 Å². The molecule has 4 rings (SSSR count). The minimum absolute atomic E-state index is 0.0817. The van der Waals surface area contributed by atoms with Gasteiger partial charge in [-0.15, -0.1) is 0 Å². The molecule has 3 aromatic rings. The van der Waals surface area contributed by atoms with Gasteiger partial charge in [0.25, 0.3) is 0 Å². The van der Waals surface area contributed by atoms with Gasteiger partial charge in [0.15, 0.2) is 5.13 Å². The van der Waals surface area contributed by atoms with Gasteiger partial charge in [-0.1, -0.05) is 23.5 Å². The first-order chi connectivity index (χ1) is 15.5. The Labute approximate surface area is 190 Å². The van der Waals surface area contributed by atoms with Gasteiger partial charge in [-0.25, -0.2) is 9.97 Å². The standard InChI is InChI=1S/C23H25N5O3S/c1-16(25-20(29)10-7-17-5-8-18(31-2)9-6-17)22(30)27-12-14-28(15-13-27)23-26-19-4-3-11-24-21(19)32-23/h3-11,16H,12-15H2,1-2H3,(H,25,29)/b10-7+. The van der Waals surface area contributed by atoms with Crippen molar-refractivity contribution in [2.24, 2.45) is 0 Å². The molecule has 166 valence electrons. The van der Waals surface area contributed by atoms with Crippen molar-refractivity contribution in [1.29, 1.82) is 0 Å². The summed E-state index contributed by atoms with van der Waals surface area (Å²) in [5, 5.41) is 3.68. The number of thiazole rings is 1. The monoisotopic (exact) mass is 451 g/mol. The predicted octanol–water partition coefficient (Wildman–Crippen LogP) is 2.57. The number of ether oxygens (including phenoxy) is 1. The lowest BCUT2D eigenvalue weighted by molar-refractivity contribution is -0.135. The number of rotatable bonds is 6.